The van der Waals surface area contributed by atoms with E-state index in [-0.39, 0.29) is 17.6 Å². The third kappa shape index (κ3) is 3.65. The molecule has 1 aromatic heterocycles. The SMILES string of the molecule is CO[C@@H]1CCN(C(=O)Nc2cnc(N(C)C)nc2)CC1(C)C. The second-order valence-corrected chi connectivity index (χ2v) is 6.52. The lowest BCUT2D eigenvalue weighted by Crippen LogP contribution is -2.52. The van der Waals surface area contributed by atoms with E-state index in [0.29, 0.717) is 24.7 Å². The van der Waals surface area contributed by atoms with Crippen LogP contribution >= 0.6 is 0 Å². The Balaban J connectivity index is 1.98. The molecule has 0 unspecified atom stereocenters. The van der Waals surface area contributed by atoms with Crippen molar-refractivity contribution in [1.82, 2.24) is 14.9 Å². The summed E-state index contributed by atoms with van der Waals surface area (Å²) in [5.74, 6) is 0.611. The van der Waals surface area contributed by atoms with E-state index in [2.05, 4.69) is 29.1 Å². The van der Waals surface area contributed by atoms with E-state index in [9.17, 15) is 4.79 Å². The van der Waals surface area contributed by atoms with Crippen molar-refractivity contribution in [2.24, 2.45) is 5.41 Å². The molecule has 2 heterocycles. The normalized spacial score (nSPS) is 20.6. The lowest BCUT2D eigenvalue weighted by atomic mass is 9.81. The van der Waals surface area contributed by atoms with Crippen LogP contribution in [0.5, 0.6) is 0 Å². The van der Waals surface area contributed by atoms with Gasteiger partial charge in [0.25, 0.3) is 0 Å². The molecule has 2 rings (SSSR count). The van der Waals surface area contributed by atoms with Gasteiger partial charge in [-0.2, -0.15) is 0 Å². The average molecular weight is 307 g/mol. The molecule has 1 aliphatic heterocycles. The quantitative estimate of drug-likeness (QED) is 0.922. The average Bonchev–Trinajstić information content (AvgIpc) is 2.46. The minimum absolute atomic E-state index is 0.0599. The smallest absolute Gasteiger partial charge is 0.321 e. The summed E-state index contributed by atoms with van der Waals surface area (Å²) in [6.45, 7) is 5.59. The van der Waals surface area contributed by atoms with Gasteiger partial charge in [-0.1, -0.05) is 13.8 Å². The van der Waals surface area contributed by atoms with Crippen LogP contribution in [-0.2, 0) is 4.74 Å². The van der Waals surface area contributed by atoms with Crippen molar-refractivity contribution in [2.45, 2.75) is 26.4 Å². The van der Waals surface area contributed by atoms with Gasteiger partial charge in [-0.15, -0.1) is 0 Å². The fourth-order valence-corrected chi connectivity index (χ4v) is 2.77. The Morgan fingerprint density at radius 1 is 1.41 bits per heavy atom. The fourth-order valence-electron chi connectivity index (χ4n) is 2.77. The van der Waals surface area contributed by atoms with Gasteiger partial charge in [0, 0.05) is 39.7 Å². The highest BCUT2D eigenvalue weighted by molar-refractivity contribution is 5.89. The standard InChI is InChI=1S/C15H25N5O2/c1-15(2)10-20(7-6-12(15)22-5)14(21)18-11-8-16-13(17-9-11)19(3)4/h8-9,12H,6-7,10H2,1-5H3,(H,18,21)/t12-/m1/s1. The first-order valence-corrected chi connectivity index (χ1v) is 7.41. The van der Waals surface area contributed by atoms with E-state index < -0.39 is 0 Å². The summed E-state index contributed by atoms with van der Waals surface area (Å²) in [6, 6.07) is -0.121. The highest BCUT2D eigenvalue weighted by Crippen LogP contribution is 2.31. The zero-order valence-electron chi connectivity index (χ0n) is 14.0. The largest absolute Gasteiger partial charge is 0.381 e. The number of carbonyl (C=O) groups excluding carboxylic acids is 1. The van der Waals surface area contributed by atoms with Crippen molar-refractivity contribution in [2.75, 3.05) is 44.5 Å². The molecule has 1 aromatic rings. The van der Waals surface area contributed by atoms with Crippen LogP contribution in [0.1, 0.15) is 20.3 Å². The van der Waals surface area contributed by atoms with Crippen LogP contribution in [0, 0.1) is 5.41 Å². The molecule has 22 heavy (non-hydrogen) atoms. The number of anilines is 2. The van der Waals surface area contributed by atoms with Crippen molar-refractivity contribution < 1.29 is 9.53 Å². The first kappa shape index (κ1) is 16.5. The molecule has 7 nitrogen and oxygen atoms in total. The highest BCUT2D eigenvalue weighted by atomic mass is 16.5. The van der Waals surface area contributed by atoms with Crippen LogP contribution in [-0.4, -0.2) is 61.3 Å². The van der Waals surface area contributed by atoms with Gasteiger partial charge in [0.15, 0.2) is 0 Å². The van der Waals surface area contributed by atoms with Gasteiger partial charge in [-0.3, -0.25) is 0 Å². The summed E-state index contributed by atoms with van der Waals surface area (Å²) < 4.78 is 5.51. The van der Waals surface area contributed by atoms with Crippen LogP contribution in [0.3, 0.4) is 0 Å². The minimum Gasteiger partial charge on any atom is -0.381 e. The molecule has 0 aromatic carbocycles. The molecule has 1 N–H and O–H groups in total. The second kappa shape index (κ2) is 6.48. The molecule has 2 amide bonds. The lowest BCUT2D eigenvalue weighted by molar-refractivity contribution is -0.0394. The van der Waals surface area contributed by atoms with E-state index >= 15 is 0 Å². The zero-order valence-corrected chi connectivity index (χ0v) is 14.0. The number of hydrogen-bond donors (Lipinski definition) is 1. The van der Waals surface area contributed by atoms with Crippen molar-refractivity contribution in [3.8, 4) is 0 Å². The predicted octanol–water partition coefficient (Wildman–Crippen LogP) is 1.82. The zero-order chi connectivity index (χ0) is 16.3. The Morgan fingerprint density at radius 2 is 2.05 bits per heavy atom. The van der Waals surface area contributed by atoms with Crippen molar-refractivity contribution in [3.05, 3.63) is 12.4 Å². The third-order valence-corrected chi connectivity index (χ3v) is 3.99. The Kier molecular flexibility index (Phi) is 4.85. The van der Waals surface area contributed by atoms with Gasteiger partial charge < -0.3 is 19.9 Å². The number of ether oxygens (including phenoxy) is 1. The molecule has 0 saturated carbocycles. The number of amides is 2. The fraction of sp³-hybridized carbons (Fsp3) is 0.667. The summed E-state index contributed by atoms with van der Waals surface area (Å²) in [5.41, 5.74) is 0.539. The van der Waals surface area contributed by atoms with Gasteiger partial charge in [0.2, 0.25) is 5.95 Å². The van der Waals surface area contributed by atoms with Crippen molar-refractivity contribution in [1.29, 1.82) is 0 Å². The van der Waals surface area contributed by atoms with Crippen LogP contribution in [0.25, 0.3) is 0 Å². The molecule has 1 aliphatic rings. The van der Waals surface area contributed by atoms with Gasteiger partial charge in [0.05, 0.1) is 24.2 Å². The highest BCUT2D eigenvalue weighted by Gasteiger charge is 2.37. The molecular formula is C15H25N5O2. The Labute approximate surface area is 131 Å². The van der Waals surface area contributed by atoms with Gasteiger partial charge >= 0.3 is 6.03 Å². The molecule has 1 fully saturated rings. The maximum atomic E-state index is 12.4. The van der Waals surface area contributed by atoms with Crippen LogP contribution < -0.4 is 10.2 Å². The number of piperidine rings is 1. The van der Waals surface area contributed by atoms with Crippen LogP contribution in [0.4, 0.5) is 16.4 Å². The number of hydrogen-bond acceptors (Lipinski definition) is 5. The molecule has 0 spiro atoms. The molecule has 0 radical (unpaired) electrons. The second-order valence-electron chi connectivity index (χ2n) is 6.52. The Morgan fingerprint density at radius 3 is 2.55 bits per heavy atom. The van der Waals surface area contributed by atoms with E-state index in [1.54, 1.807) is 19.5 Å². The van der Waals surface area contributed by atoms with Crippen molar-refractivity contribution in [3.63, 3.8) is 0 Å². The third-order valence-electron chi connectivity index (χ3n) is 3.99. The number of carbonyl (C=O) groups is 1. The molecule has 122 valence electrons. The molecule has 0 aliphatic carbocycles. The van der Waals surface area contributed by atoms with Gasteiger partial charge in [0.1, 0.15) is 0 Å². The number of likely N-dealkylation sites (tertiary alicyclic amines) is 1. The number of urea groups is 1. The Hall–Kier alpha value is -1.89. The number of rotatable bonds is 3. The van der Waals surface area contributed by atoms with Crippen molar-refractivity contribution >= 4 is 17.7 Å². The first-order chi connectivity index (χ1) is 10.3. The Bertz CT molecular complexity index is 515. The van der Waals surface area contributed by atoms with E-state index in [4.69, 9.17) is 4.74 Å². The number of aromatic nitrogens is 2. The summed E-state index contributed by atoms with van der Waals surface area (Å²) in [5, 5.41) is 2.85. The number of nitrogens with zero attached hydrogens (tertiary/aromatic N) is 4. The summed E-state index contributed by atoms with van der Waals surface area (Å²) in [7, 11) is 5.47. The summed E-state index contributed by atoms with van der Waals surface area (Å²) in [4.78, 5) is 24.4. The molecule has 1 atom stereocenters. The molecular weight excluding hydrogens is 282 g/mol. The van der Waals surface area contributed by atoms with E-state index in [1.807, 2.05) is 23.9 Å². The number of nitrogens with one attached hydrogen (secondary N) is 1. The first-order valence-electron chi connectivity index (χ1n) is 7.41. The number of methoxy groups -OCH3 is 1. The maximum absolute atomic E-state index is 12.4. The topological polar surface area (TPSA) is 70.6 Å². The summed E-state index contributed by atoms with van der Waals surface area (Å²) >= 11 is 0. The molecule has 7 heteroatoms. The molecule has 1 saturated heterocycles. The van der Waals surface area contributed by atoms with Gasteiger partial charge in [-0.05, 0) is 6.42 Å². The van der Waals surface area contributed by atoms with Crippen LogP contribution in [0.15, 0.2) is 12.4 Å². The minimum atomic E-state index is -0.121. The summed E-state index contributed by atoms with van der Waals surface area (Å²) in [6.07, 6.45) is 4.26. The maximum Gasteiger partial charge on any atom is 0.321 e. The monoisotopic (exact) mass is 307 g/mol. The van der Waals surface area contributed by atoms with Gasteiger partial charge in [-0.25, -0.2) is 14.8 Å². The van der Waals surface area contributed by atoms with Crippen LogP contribution in [0.2, 0.25) is 0 Å². The molecule has 0 bridgehead atoms. The predicted molar refractivity (Wildman–Crippen MR) is 86.1 cm³/mol. The van der Waals surface area contributed by atoms with E-state index in [1.165, 1.54) is 0 Å². The lowest BCUT2D eigenvalue weighted by Gasteiger charge is -2.43. The van der Waals surface area contributed by atoms with E-state index in [0.717, 1.165) is 6.42 Å².